The number of aryl methyl sites for hydroxylation is 1. The molecule has 4 heteroatoms. The molecular formula is C16H19NO3. The van der Waals surface area contributed by atoms with Gasteiger partial charge in [0.25, 0.3) is 0 Å². The first kappa shape index (κ1) is 14.3. The van der Waals surface area contributed by atoms with Gasteiger partial charge in [0, 0.05) is 25.2 Å². The second-order valence-corrected chi connectivity index (χ2v) is 4.95. The molecule has 1 aliphatic carbocycles. The van der Waals surface area contributed by atoms with Gasteiger partial charge >= 0.3 is 6.09 Å². The summed E-state index contributed by atoms with van der Waals surface area (Å²) in [5, 5.41) is 10.0. The molecule has 0 aromatic heterocycles. The standard InChI is InChI=1S/C16H19NO3/c1-4-14(18)13-10-9-11-7-5-6-8-12(11)15(13)20-16(19)17(2)3/h4-8,14,18H,1,9-10H2,2-3H3. The Bertz CT molecular complexity index is 561. The zero-order chi connectivity index (χ0) is 14.7. The zero-order valence-electron chi connectivity index (χ0n) is 11.8. The first-order valence-corrected chi connectivity index (χ1v) is 6.55. The highest BCUT2D eigenvalue weighted by atomic mass is 16.6. The molecule has 1 aliphatic rings. The number of aliphatic hydroxyl groups is 1. The number of ether oxygens (including phenoxy) is 1. The summed E-state index contributed by atoms with van der Waals surface area (Å²) < 4.78 is 5.47. The molecule has 0 bridgehead atoms. The Morgan fingerprint density at radius 3 is 2.75 bits per heavy atom. The van der Waals surface area contributed by atoms with Crippen LogP contribution in [0.1, 0.15) is 17.5 Å². The van der Waals surface area contributed by atoms with Crippen molar-refractivity contribution in [2.24, 2.45) is 0 Å². The first-order valence-electron chi connectivity index (χ1n) is 6.55. The van der Waals surface area contributed by atoms with Crippen molar-refractivity contribution in [1.29, 1.82) is 0 Å². The van der Waals surface area contributed by atoms with E-state index < -0.39 is 12.2 Å². The molecule has 4 nitrogen and oxygen atoms in total. The molecule has 106 valence electrons. The molecule has 0 saturated heterocycles. The van der Waals surface area contributed by atoms with Crippen LogP contribution in [0.4, 0.5) is 4.79 Å². The van der Waals surface area contributed by atoms with Crippen molar-refractivity contribution in [3.8, 4) is 0 Å². The van der Waals surface area contributed by atoms with E-state index in [4.69, 9.17) is 4.74 Å². The molecule has 0 fully saturated rings. The molecular weight excluding hydrogens is 254 g/mol. The molecule has 1 aromatic carbocycles. The fourth-order valence-electron chi connectivity index (χ4n) is 2.24. The van der Waals surface area contributed by atoms with Crippen LogP contribution in [0.25, 0.3) is 5.76 Å². The largest absolute Gasteiger partial charge is 0.414 e. The van der Waals surface area contributed by atoms with Crippen molar-refractivity contribution in [2.75, 3.05) is 14.1 Å². The summed E-state index contributed by atoms with van der Waals surface area (Å²) >= 11 is 0. The molecule has 1 amide bonds. The molecule has 0 heterocycles. The van der Waals surface area contributed by atoms with Crippen molar-refractivity contribution in [2.45, 2.75) is 18.9 Å². The van der Waals surface area contributed by atoms with Crippen molar-refractivity contribution < 1.29 is 14.6 Å². The van der Waals surface area contributed by atoms with Crippen LogP contribution in [-0.4, -0.2) is 36.3 Å². The number of amides is 1. The van der Waals surface area contributed by atoms with Gasteiger partial charge < -0.3 is 14.7 Å². The van der Waals surface area contributed by atoms with Gasteiger partial charge in [0.2, 0.25) is 0 Å². The minimum Gasteiger partial charge on any atom is -0.409 e. The number of hydrogen-bond donors (Lipinski definition) is 1. The molecule has 0 saturated carbocycles. The highest BCUT2D eigenvalue weighted by molar-refractivity contribution is 5.80. The normalized spacial score (nSPS) is 15.3. The van der Waals surface area contributed by atoms with E-state index in [0.29, 0.717) is 17.8 Å². The Hall–Kier alpha value is -2.07. The smallest absolute Gasteiger partial charge is 0.409 e. The summed E-state index contributed by atoms with van der Waals surface area (Å²) in [4.78, 5) is 13.2. The van der Waals surface area contributed by atoms with Crippen LogP contribution in [0.5, 0.6) is 0 Å². The summed E-state index contributed by atoms with van der Waals surface area (Å²) in [6, 6.07) is 7.77. The van der Waals surface area contributed by atoms with Gasteiger partial charge in [-0.15, -0.1) is 6.58 Å². The average molecular weight is 273 g/mol. The van der Waals surface area contributed by atoms with Crippen LogP contribution >= 0.6 is 0 Å². The molecule has 1 aromatic rings. The number of fused-ring (bicyclic) bond motifs is 1. The predicted octanol–water partition coefficient (Wildman–Crippen LogP) is 2.59. The van der Waals surface area contributed by atoms with Crippen LogP contribution in [-0.2, 0) is 11.2 Å². The van der Waals surface area contributed by atoms with Crippen molar-refractivity contribution in [3.05, 3.63) is 53.6 Å². The van der Waals surface area contributed by atoms with Crippen molar-refractivity contribution in [1.82, 2.24) is 4.90 Å². The lowest BCUT2D eigenvalue weighted by molar-refractivity contribution is 0.160. The van der Waals surface area contributed by atoms with E-state index in [0.717, 1.165) is 17.5 Å². The third-order valence-electron chi connectivity index (χ3n) is 3.35. The average Bonchev–Trinajstić information content (AvgIpc) is 2.46. The maximum atomic E-state index is 11.8. The summed E-state index contributed by atoms with van der Waals surface area (Å²) in [5.41, 5.74) is 2.69. The summed E-state index contributed by atoms with van der Waals surface area (Å²) in [6.45, 7) is 3.61. The second-order valence-electron chi connectivity index (χ2n) is 4.95. The van der Waals surface area contributed by atoms with E-state index in [1.807, 2.05) is 24.3 Å². The monoisotopic (exact) mass is 273 g/mol. The van der Waals surface area contributed by atoms with Gasteiger partial charge in [0.05, 0.1) is 6.10 Å². The molecule has 1 N–H and O–H groups in total. The number of rotatable bonds is 3. The molecule has 0 spiro atoms. The SMILES string of the molecule is C=CC(O)C1=C(OC(=O)N(C)C)c2ccccc2CC1. The minimum absolute atomic E-state index is 0.453. The maximum Gasteiger partial charge on any atom is 0.414 e. The Labute approximate surface area is 119 Å². The molecule has 1 unspecified atom stereocenters. The lowest BCUT2D eigenvalue weighted by Crippen LogP contribution is -2.25. The quantitative estimate of drug-likeness (QED) is 0.861. The fourth-order valence-corrected chi connectivity index (χ4v) is 2.24. The Kier molecular flexibility index (Phi) is 4.25. The van der Waals surface area contributed by atoms with Crippen LogP contribution in [0.15, 0.2) is 42.5 Å². The number of carbonyl (C=O) groups is 1. The van der Waals surface area contributed by atoms with Gasteiger partial charge in [-0.05, 0) is 18.4 Å². The van der Waals surface area contributed by atoms with Crippen LogP contribution in [0.2, 0.25) is 0 Å². The van der Waals surface area contributed by atoms with Gasteiger partial charge in [-0.3, -0.25) is 0 Å². The molecule has 20 heavy (non-hydrogen) atoms. The molecule has 1 atom stereocenters. The zero-order valence-corrected chi connectivity index (χ0v) is 11.8. The number of benzene rings is 1. The Morgan fingerprint density at radius 2 is 2.10 bits per heavy atom. The first-order chi connectivity index (χ1) is 9.54. The van der Waals surface area contributed by atoms with Crippen LogP contribution < -0.4 is 0 Å². The van der Waals surface area contributed by atoms with E-state index in [1.165, 1.54) is 11.0 Å². The predicted molar refractivity (Wildman–Crippen MR) is 78.1 cm³/mol. The third kappa shape index (κ3) is 2.75. The van der Waals surface area contributed by atoms with Gasteiger partial charge in [0.1, 0.15) is 5.76 Å². The van der Waals surface area contributed by atoms with E-state index in [9.17, 15) is 9.90 Å². The van der Waals surface area contributed by atoms with Gasteiger partial charge in [0.15, 0.2) is 0 Å². The van der Waals surface area contributed by atoms with E-state index in [1.54, 1.807) is 14.1 Å². The summed E-state index contributed by atoms with van der Waals surface area (Å²) in [5.74, 6) is 0.456. The Morgan fingerprint density at radius 1 is 1.40 bits per heavy atom. The minimum atomic E-state index is -0.798. The van der Waals surface area contributed by atoms with Crippen LogP contribution in [0.3, 0.4) is 0 Å². The lowest BCUT2D eigenvalue weighted by Gasteiger charge is -2.25. The molecule has 0 radical (unpaired) electrons. The van der Waals surface area contributed by atoms with Gasteiger partial charge in [-0.1, -0.05) is 30.3 Å². The number of aliphatic hydroxyl groups excluding tert-OH is 1. The van der Waals surface area contributed by atoms with Crippen LogP contribution in [0, 0.1) is 0 Å². The number of carbonyl (C=O) groups excluding carboxylic acids is 1. The van der Waals surface area contributed by atoms with Gasteiger partial charge in [-0.25, -0.2) is 4.79 Å². The lowest BCUT2D eigenvalue weighted by atomic mass is 9.88. The van der Waals surface area contributed by atoms with Crippen molar-refractivity contribution in [3.63, 3.8) is 0 Å². The highest BCUT2D eigenvalue weighted by Crippen LogP contribution is 2.34. The fraction of sp³-hybridized carbons (Fsp3) is 0.312. The number of hydrogen-bond acceptors (Lipinski definition) is 3. The van der Waals surface area contributed by atoms with E-state index in [-0.39, 0.29) is 0 Å². The van der Waals surface area contributed by atoms with Gasteiger partial charge in [-0.2, -0.15) is 0 Å². The maximum absolute atomic E-state index is 11.8. The number of nitrogens with zero attached hydrogens (tertiary/aromatic N) is 1. The highest BCUT2D eigenvalue weighted by Gasteiger charge is 2.25. The van der Waals surface area contributed by atoms with E-state index >= 15 is 0 Å². The molecule has 0 aliphatic heterocycles. The Balaban J connectivity index is 2.48. The second kappa shape index (κ2) is 5.92. The summed E-state index contributed by atoms with van der Waals surface area (Å²) in [6.07, 6.45) is 1.67. The molecule has 2 rings (SSSR count). The van der Waals surface area contributed by atoms with E-state index in [2.05, 4.69) is 6.58 Å². The summed E-state index contributed by atoms with van der Waals surface area (Å²) in [7, 11) is 3.25. The van der Waals surface area contributed by atoms with Crippen molar-refractivity contribution >= 4 is 11.9 Å². The topological polar surface area (TPSA) is 49.8 Å². The third-order valence-corrected chi connectivity index (χ3v) is 3.35.